The lowest BCUT2D eigenvalue weighted by Crippen LogP contribution is -2.29. The largest absolute Gasteiger partial charge is 0.741 e. The van der Waals surface area contributed by atoms with Gasteiger partial charge < -0.3 is 14.7 Å². The molecule has 0 atom stereocenters. The number of hydrogen-bond acceptors (Lipinski definition) is 5. The molecule has 1 heterocycles. The Kier molecular flexibility index (Phi) is 5.03. The molecule has 1 aromatic heterocycles. The maximum Gasteiger partial charge on any atom is 0.485 e. The van der Waals surface area contributed by atoms with Crippen molar-refractivity contribution in [2.45, 2.75) is 12.4 Å². The zero-order valence-corrected chi connectivity index (χ0v) is 10.8. The van der Waals surface area contributed by atoms with Gasteiger partial charge in [0.1, 0.15) is 0 Å². The van der Waals surface area contributed by atoms with Crippen LogP contribution in [0.5, 0.6) is 0 Å². The molecular formula is C7H10F3N3O5S. The lowest BCUT2D eigenvalue weighted by Gasteiger charge is -2.08. The van der Waals surface area contributed by atoms with Gasteiger partial charge in [-0.25, -0.2) is 13.0 Å². The lowest BCUT2D eigenvalue weighted by molar-refractivity contribution is -0.678. The summed E-state index contributed by atoms with van der Waals surface area (Å²) in [4.78, 5) is 9.96. The maximum atomic E-state index is 10.7. The van der Waals surface area contributed by atoms with Crippen molar-refractivity contribution in [1.29, 1.82) is 0 Å². The van der Waals surface area contributed by atoms with Gasteiger partial charge in [0, 0.05) is 6.92 Å². The zero-order valence-electron chi connectivity index (χ0n) is 10.0. The third kappa shape index (κ3) is 4.48. The normalized spacial score (nSPS) is 11.7. The Morgan fingerprint density at radius 3 is 1.89 bits per heavy atom. The minimum Gasteiger partial charge on any atom is -0.741 e. The Labute approximate surface area is 106 Å². The number of imidazole rings is 1. The first-order valence-electron chi connectivity index (χ1n) is 4.47. The molecule has 0 saturated carbocycles. The van der Waals surface area contributed by atoms with E-state index in [0.717, 1.165) is 5.82 Å². The molecule has 0 aliphatic heterocycles. The highest BCUT2D eigenvalue weighted by Gasteiger charge is 2.36. The van der Waals surface area contributed by atoms with Crippen LogP contribution >= 0.6 is 0 Å². The molecule has 8 nitrogen and oxygen atoms in total. The molecular weight excluding hydrogens is 295 g/mol. The predicted octanol–water partition coefficient (Wildman–Crippen LogP) is 0.118. The van der Waals surface area contributed by atoms with E-state index in [4.69, 9.17) is 13.0 Å². The Hall–Kier alpha value is -1.69. The van der Waals surface area contributed by atoms with Crippen molar-refractivity contribution < 1.29 is 35.6 Å². The van der Waals surface area contributed by atoms with Gasteiger partial charge in [0.2, 0.25) is 0 Å². The second-order valence-electron chi connectivity index (χ2n) is 3.36. The van der Waals surface area contributed by atoms with Gasteiger partial charge in [0.15, 0.2) is 16.3 Å². The number of nitrogens with zero attached hydrogens (tertiary/aromatic N) is 3. The average Bonchev–Trinajstić information content (AvgIpc) is 2.44. The van der Waals surface area contributed by atoms with Crippen molar-refractivity contribution in [2.75, 3.05) is 0 Å². The summed E-state index contributed by atoms with van der Waals surface area (Å²) in [6.07, 6.45) is 1.50. The van der Waals surface area contributed by atoms with Crippen molar-refractivity contribution in [1.82, 2.24) is 4.57 Å². The average molecular weight is 305 g/mol. The van der Waals surface area contributed by atoms with E-state index in [1.807, 2.05) is 6.92 Å². The Morgan fingerprint density at radius 2 is 1.79 bits per heavy atom. The fourth-order valence-electron chi connectivity index (χ4n) is 0.925. The van der Waals surface area contributed by atoms with Crippen LogP contribution in [0.1, 0.15) is 5.82 Å². The molecule has 110 valence electrons. The van der Waals surface area contributed by atoms with Gasteiger partial charge >= 0.3 is 11.3 Å². The van der Waals surface area contributed by atoms with E-state index < -0.39 is 20.5 Å². The molecule has 0 N–H and O–H groups in total. The van der Waals surface area contributed by atoms with Crippen LogP contribution in [0.2, 0.25) is 0 Å². The highest BCUT2D eigenvalue weighted by molar-refractivity contribution is 7.86. The highest BCUT2D eigenvalue weighted by atomic mass is 32.2. The van der Waals surface area contributed by atoms with E-state index >= 15 is 0 Å². The molecule has 0 saturated heterocycles. The van der Waals surface area contributed by atoms with E-state index in [2.05, 4.69) is 0 Å². The molecule has 0 amide bonds. The van der Waals surface area contributed by atoms with Crippen molar-refractivity contribution in [3.63, 3.8) is 0 Å². The number of aromatic nitrogens is 2. The van der Waals surface area contributed by atoms with Gasteiger partial charge in [-0.2, -0.15) is 17.7 Å². The minimum absolute atomic E-state index is 0.116. The Morgan fingerprint density at radius 1 is 1.42 bits per heavy atom. The van der Waals surface area contributed by atoms with Crippen molar-refractivity contribution in [2.24, 2.45) is 14.1 Å². The molecule has 0 radical (unpaired) electrons. The second kappa shape index (κ2) is 5.52. The van der Waals surface area contributed by atoms with Crippen molar-refractivity contribution in [3.05, 3.63) is 22.1 Å². The smallest absolute Gasteiger partial charge is 0.485 e. The number of aryl methyl sites for hydroxylation is 1. The third-order valence-corrected chi connectivity index (χ3v) is 2.69. The van der Waals surface area contributed by atoms with Gasteiger partial charge in [-0.15, -0.1) is 0 Å². The maximum absolute atomic E-state index is 10.7. The van der Waals surface area contributed by atoms with Crippen LogP contribution in [0, 0.1) is 17.0 Å². The van der Waals surface area contributed by atoms with E-state index in [0.29, 0.717) is 0 Å². The molecule has 0 bridgehead atoms. The summed E-state index contributed by atoms with van der Waals surface area (Å²) in [5, 5.41) is 10.4. The first kappa shape index (κ1) is 17.3. The number of rotatable bonds is 1. The summed E-state index contributed by atoms with van der Waals surface area (Å²) in [5.74, 6) is 0.974. The summed E-state index contributed by atoms with van der Waals surface area (Å²) in [5.41, 5.74) is -5.65. The summed E-state index contributed by atoms with van der Waals surface area (Å²) in [7, 11) is -2.64. The van der Waals surface area contributed by atoms with Crippen LogP contribution in [0.25, 0.3) is 0 Å². The predicted molar refractivity (Wildman–Crippen MR) is 53.7 cm³/mol. The SMILES string of the molecule is Cc1n(C)c([N+](=O)[O-])c[n+]1C.O=S(=O)([O-])C(F)(F)F. The monoisotopic (exact) mass is 305 g/mol. The fourth-order valence-corrected chi connectivity index (χ4v) is 0.925. The van der Waals surface area contributed by atoms with Crippen LogP contribution in [-0.4, -0.2) is 28.0 Å². The Balaban J connectivity index is 0.000000362. The molecule has 0 fully saturated rings. The Bertz CT molecular complexity index is 578. The molecule has 19 heavy (non-hydrogen) atoms. The van der Waals surface area contributed by atoms with E-state index in [1.165, 1.54) is 6.20 Å². The summed E-state index contributed by atoms with van der Waals surface area (Å²) < 4.78 is 62.2. The summed E-state index contributed by atoms with van der Waals surface area (Å²) in [6, 6.07) is 0. The standard InChI is InChI=1S/C6H10N3O2.CHF3O3S/c1-5-7(2)4-6(8(5)3)9(10)11;2-1(3,4)8(5,6)7/h4H,1-3H3;(H,5,6,7)/q+1;/p-1. The van der Waals surface area contributed by atoms with Crippen molar-refractivity contribution >= 4 is 15.9 Å². The molecule has 0 unspecified atom stereocenters. The molecule has 0 spiro atoms. The third-order valence-electron chi connectivity index (χ3n) is 2.12. The van der Waals surface area contributed by atoms with E-state index in [-0.39, 0.29) is 5.82 Å². The van der Waals surface area contributed by atoms with Gasteiger partial charge in [-0.3, -0.25) is 0 Å². The fraction of sp³-hybridized carbons (Fsp3) is 0.571. The number of hydrogen-bond donors (Lipinski definition) is 0. The van der Waals surface area contributed by atoms with Crippen LogP contribution in [0.3, 0.4) is 0 Å². The quantitative estimate of drug-likeness (QED) is 0.241. The van der Waals surface area contributed by atoms with E-state index in [1.54, 1.807) is 23.2 Å². The van der Waals surface area contributed by atoms with E-state index in [9.17, 15) is 23.3 Å². The van der Waals surface area contributed by atoms with Crippen LogP contribution in [-0.2, 0) is 24.2 Å². The van der Waals surface area contributed by atoms with Gasteiger partial charge in [-0.05, 0) is 4.92 Å². The highest BCUT2D eigenvalue weighted by Crippen LogP contribution is 2.20. The summed E-state index contributed by atoms with van der Waals surface area (Å²) in [6.45, 7) is 1.83. The molecule has 1 aromatic rings. The lowest BCUT2D eigenvalue weighted by atomic mass is 10.7. The number of halogens is 3. The first-order chi connectivity index (χ1) is 8.29. The molecule has 12 heteroatoms. The summed E-state index contributed by atoms with van der Waals surface area (Å²) >= 11 is 0. The number of alkyl halides is 3. The van der Waals surface area contributed by atoms with Crippen LogP contribution in [0.4, 0.5) is 19.0 Å². The molecule has 0 aromatic carbocycles. The minimum atomic E-state index is -6.09. The van der Waals surface area contributed by atoms with Gasteiger partial charge in [0.05, 0.1) is 14.1 Å². The molecule has 0 aliphatic rings. The molecule has 1 rings (SSSR count). The van der Waals surface area contributed by atoms with Gasteiger partial charge in [0.25, 0.3) is 5.82 Å². The number of nitro groups is 1. The van der Waals surface area contributed by atoms with Crippen LogP contribution < -0.4 is 4.57 Å². The van der Waals surface area contributed by atoms with Gasteiger partial charge in [-0.1, -0.05) is 0 Å². The topological polar surface area (TPSA) is 109 Å². The molecule has 0 aliphatic carbocycles. The second-order valence-corrected chi connectivity index (χ2v) is 4.73. The first-order valence-corrected chi connectivity index (χ1v) is 5.88. The van der Waals surface area contributed by atoms with Crippen molar-refractivity contribution in [3.8, 4) is 0 Å². The zero-order chi connectivity index (χ0) is 15.6. The van der Waals surface area contributed by atoms with Crippen LogP contribution in [0.15, 0.2) is 6.20 Å².